The summed E-state index contributed by atoms with van der Waals surface area (Å²) in [4.78, 5) is 4.08. The molecule has 3 N–H and O–H groups in total. The third kappa shape index (κ3) is 4.57. The third-order valence-corrected chi connectivity index (χ3v) is 7.30. The lowest BCUT2D eigenvalue weighted by molar-refractivity contribution is -0.178. The van der Waals surface area contributed by atoms with Crippen LogP contribution in [-0.4, -0.2) is 65.7 Å². The topological polar surface area (TPSA) is 114 Å². The first-order valence-electron chi connectivity index (χ1n) is 8.76. The molecule has 0 amide bonds. The summed E-state index contributed by atoms with van der Waals surface area (Å²) in [5.74, 6) is -1.25. The molecular formula is C17H14Cl2F2N4O4S2. The Bertz CT molecular complexity index is 1070. The summed E-state index contributed by atoms with van der Waals surface area (Å²) in [6, 6.07) is 3.80. The molecule has 1 saturated heterocycles. The van der Waals surface area contributed by atoms with Gasteiger partial charge < -0.3 is 20.1 Å². The van der Waals surface area contributed by atoms with Crippen molar-refractivity contribution in [2.24, 2.45) is 0 Å². The molecule has 0 saturated carbocycles. The van der Waals surface area contributed by atoms with Gasteiger partial charge in [0.25, 0.3) is 5.95 Å². The average Bonchev–Trinajstić information content (AvgIpc) is 3.34. The monoisotopic (exact) mass is 510 g/mol. The van der Waals surface area contributed by atoms with Crippen LogP contribution in [0.5, 0.6) is 0 Å². The zero-order valence-corrected chi connectivity index (χ0v) is 18.4. The fourth-order valence-electron chi connectivity index (χ4n) is 3.07. The molecule has 4 rings (SSSR count). The van der Waals surface area contributed by atoms with Crippen molar-refractivity contribution < 1.29 is 28.8 Å². The highest BCUT2D eigenvalue weighted by atomic mass is 35.5. The highest BCUT2D eigenvalue weighted by Gasteiger charge is 2.46. The Morgan fingerprint density at radius 2 is 1.97 bits per heavy atom. The van der Waals surface area contributed by atoms with Gasteiger partial charge in [-0.1, -0.05) is 51.5 Å². The van der Waals surface area contributed by atoms with Crippen LogP contribution in [-0.2, 0) is 4.74 Å². The van der Waals surface area contributed by atoms with Crippen molar-refractivity contribution in [2.45, 2.75) is 34.7 Å². The molecule has 1 aliphatic heterocycles. The van der Waals surface area contributed by atoms with Gasteiger partial charge in [0.2, 0.25) is 5.13 Å². The van der Waals surface area contributed by atoms with Crippen LogP contribution in [0.25, 0.3) is 10.7 Å². The lowest BCUT2D eigenvalue weighted by atomic mass is 9.97. The number of ether oxygens (including phenoxy) is 1. The van der Waals surface area contributed by atoms with Crippen LogP contribution in [0.3, 0.4) is 0 Å². The molecule has 8 nitrogen and oxygen atoms in total. The summed E-state index contributed by atoms with van der Waals surface area (Å²) in [5.41, 5.74) is -0.849. The molecule has 2 aromatic heterocycles. The molecule has 3 heterocycles. The summed E-state index contributed by atoms with van der Waals surface area (Å²) in [7, 11) is 0. The number of thiazole rings is 1. The Morgan fingerprint density at radius 3 is 2.61 bits per heavy atom. The fourth-order valence-corrected chi connectivity index (χ4v) is 5.16. The molecule has 14 heteroatoms. The number of rotatable bonds is 5. The van der Waals surface area contributed by atoms with E-state index in [1.807, 2.05) is 0 Å². The van der Waals surface area contributed by atoms with E-state index in [4.69, 9.17) is 27.9 Å². The normalized spacial score (nSPS) is 26.4. The number of thioether (sulfide) groups is 1. The smallest absolute Gasteiger partial charge is 0.260 e. The number of aliphatic hydroxyl groups is 3. The van der Waals surface area contributed by atoms with Gasteiger partial charge in [0.15, 0.2) is 5.01 Å². The summed E-state index contributed by atoms with van der Waals surface area (Å²) in [5, 5.41) is 38.4. The molecule has 1 aliphatic rings. The highest BCUT2D eigenvalue weighted by Crippen LogP contribution is 2.39. The summed E-state index contributed by atoms with van der Waals surface area (Å²) in [6.07, 6.45) is -2.37. The molecule has 0 unspecified atom stereocenters. The molecule has 1 fully saturated rings. The molecular weight excluding hydrogens is 497 g/mol. The van der Waals surface area contributed by atoms with Gasteiger partial charge in [-0.15, -0.1) is 5.10 Å². The maximum atomic E-state index is 13.3. The summed E-state index contributed by atoms with van der Waals surface area (Å²) in [6.45, 7) is -0.521. The Labute approximate surface area is 192 Å². The van der Waals surface area contributed by atoms with Crippen molar-refractivity contribution in [3.05, 3.63) is 45.5 Å². The number of benzene rings is 1. The van der Waals surface area contributed by atoms with Crippen LogP contribution in [0, 0.1) is 11.1 Å². The van der Waals surface area contributed by atoms with Crippen LogP contribution in [0.4, 0.5) is 8.78 Å². The zero-order valence-electron chi connectivity index (χ0n) is 15.3. The summed E-state index contributed by atoms with van der Waals surface area (Å²) >= 11 is 13.5. The number of halogens is 4. The van der Waals surface area contributed by atoms with Gasteiger partial charge in [0, 0.05) is 4.90 Å². The van der Waals surface area contributed by atoms with Crippen molar-refractivity contribution in [1.29, 1.82) is 0 Å². The predicted molar refractivity (Wildman–Crippen MR) is 110 cm³/mol. The second-order valence-corrected chi connectivity index (χ2v) is 9.49. The van der Waals surface area contributed by atoms with E-state index in [9.17, 15) is 24.1 Å². The van der Waals surface area contributed by atoms with Crippen molar-refractivity contribution in [1.82, 2.24) is 20.0 Å². The molecule has 1 aromatic carbocycles. The Balaban J connectivity index is 1.61. The third-order valence-electron chi connectivity index (χ3n) is 4.57. The summed E-state index contributed by atoms with van der Waals surface area (Å²) < 4.78 is 33.4. The van der Waals surface area contributed by atoms with Gasteiger partial charge >= 0.3 is 0 Å². The SMILES string of the molecule is OC[C@H]1O[C@H](Sc2ccc(Cl)c(Cl)c2)[C@H](O)[C@@H](n2cc(-c3nc(F)c(F)s3)nn2)[C@H]1O. The van der Waals surface area contributed by atoms with E-state index >= 15 is 0 Å². The van der Waals surface area contributed by atoms with E-state index in [0.29, 0.717) is 26.3 Å². The molecule has 5 atom stereocenters. The lowest BCUT2D eigenvalue weighted by Crippen LogP contribution is -2.55. The van der Waals surface area contributed by atoms with Crippen molar-refractivity contribution in [3.8, 4) is 10.7 Å². The van der Waals surface area contributed by atoms with E-state index in [1.165, 1.54) is 6.20 Å². The second kappa shape index (κ2) is 9.24. The van der Waals surface area contributed by atoms with Crippen molar-refractivity contribution >= 4 is 46.3 Å². The van der Waals surface area contributed by atoms with Gasteiger partial charge in [-0.3, -0.25) is 0 Å². The van der Waals surface area contributed by atoms with Crippen LogP contribution >= 0.6 is 46.3 Å². The molecule has 3 aromatic rings. The van der Waals surface area contributed by atoms with Crippen LogP contribution in [0.15, 0.2) is 29.3 Å². The molecule has 0 aliphatic carbocycles. The van der Waals surface area contributed by atoms with E-state index < -0.39 is 47.5 Å². The molecule has 166 valence electrons. The number of hydrogen-bond donors (Lipinski definition) is 3. The Morgan fingerprint density at radius 1 is 1.19 bits per heavy atom. The van der Waals surface area contributed by atoms with Gasteiger partial charge in [-0.05, 0) is 18.2 Å². The number of aromatic nitrogens is 4. The van der Waals surface area contributed by atoms with Crippen LogP contribution in [0.1, 0.15) is 6.04 Å². The molecule has 0 radical (unpaired) electrons. The second-order valence-electron chi connectivity index (χ2n) is 6.56. The zero-order chi connectivity index (χ0) is 22.3. The maximum Gasteiger partial charge on any atom is 0.260 e. The number of hydrogen-bond acceptors (Lipinski definition) is 9. The predicted octanol–water partition coefficient (Wildman–Crippen LogP) is 2.76. The number of nitrogens with zero attached hydrogens (tertiary/aromatic N) is 4. The van der Waals surface area contributed by atoms with E-state index in [2.05, 4.69) is 15.3 Å². The van der Waals surface area contributed by atoms with Gasteiger partial charge in [0.1, 0.15) is 35.5 Å². The molecule has 0 bridgehead atoms. The standard InChI is InChI=1S/C17H14Cl2F2N4O4S2/c18-7-2-1-6(3-8(7)19)30-17-13(28)11(12(27)10(5-26)29-17)25-4-9(23-24-25)16-22-14(20)15(21)31-16/h1-4,10-13,17,26-28H,5H2/t10-,11+,12+,13-,17-/m1/s1. The first kappa shape index (κ1) is 22.8. The Kier molecular flexibility index (Phi) is 6.79. The minimum Gasteiger partial charge on any atom is -0.394 e. The quantitative estimate of drug-likeness (QED) is 0.480. The maximum absolute atomic E-state index is 13.3. The molecule has 0 spiro atoms. The van der Waals surface area contributed by atoms with Crippen molar-refractivity contribution in [2.75, 3.05) is 6.61 Å². The van der Waals surface area contributed by atoms with Gasteiger partial charge in [-0.2, -0.15) is 8.78 Å². The van der Waals surface area contributed by atoms with E-state index in [-0.39, 0.29) is 10.7 Å². The lowest BCUT2D eigenvalue weighted by Gasteiger charge is -2.41. The minimum atomic E-state index is -1.34. The number of aliphatic hydroxyl groups excluding tert-OH is 3. The first-order valence-corrected chi connectivity index (χ1v) is 11.2. The van der Waals surface area contributed by atoms with E-state index in [1.54, 1.807) is 18.2 Å². The highest BCUT2D eigenvalue weighted by molar-refractivity contribution is 7.99. The average molecular weight is 511 g/mol. The van der Waals surface area contributed by atoms with E-state index in [0.717, 1.165) is 16.4 Å². The van der Waals surface area contributed by atoms with Gasteiger partial charge in [0.05, 0.1) is 22.8 Å². The minimum absolute atomic E-state index is 0.0438. The largest absolute Gasteiger partial charge is 0.394 e. The van der Waals surface area contributed by atoms with Gasteiger partial charge in [-0.25, -0.2) is 9.67 Å². The van der Waals surface area contributed by atoms with Crippen LogP contribution < -0.4 is 0 Å². The molecule has 31 heavy (non-hydrogen) atoms. The van der Waals surface area contributed by atoms with Crippen molar-refractivity contribution in [3.63, 3.8) is 0 Å². The van der Waals surface area contributed by atoms with Crippen LogP contribution in [0.2, 0.25) is 10.0 Å². The fraction of sp³-hybridized carbons (Fsp3) is 0.353. The first-order chi connectivity index (χ1) is 14.8. The Hall–Kier alpha value is -1.38.